The molecule has 0 radical (unpaired) electrons. The van der Waals surface area contributed by atoms with Crippen molar-refractivity contribution >= 4 is 0 Å². The second kappa shape index (κ2) is 6.44. The van der Waals surface area contributed by atoms with Crippen LogP contribution in [0.15, 0.2) is 12.4 Å². The van der Waals surface area contributed by atoms with Crippen molar-refractivity contribution in [1.29, 1.82) is 0 Å². The van der Waals surface area contributed by atoms with Gasteiger partial charge in [0.25, 0.3) is 0 Å². The van der Waals surface area contributed by atoms with E-state index in [1.807, 2.05) is 6.92 Å². The molecule has 1 aromatic heterocycles. The summed E-state index contributed by atoms with van der Waals surface area (Å²) in [4.78, 5) is 11.5. The SMILES string of the molecule is CCN(C1CCC(N)CC1)C(C)c1nccnc1C. The predicted octanol–water partition coefficient (Wildman–Crippen LogP) is 2.44. The first-order chi connectivity index (χ1) is 9.13. The maximum atomic E-state index is 6.01. The Balaban J connectivity index is 2.11. The average Bonchev–Trinajstić information content (AvgIpc) is 2.42. The van der Waals surface area contributed by atoms with Crippen LogP contribution >= 0.6 is 0 Å². The molecule has 1 aromatic rings. The van der Waals surface area contributed by atoms with E-state index in [0.29, 0.717) is 18.1 Å². The van der Waals surface area contributed by atoms with E-state index in [4.69, 9.17) is 5.73 Å². The molecule has 0 aliphatic heterocycles. The monoisotopic (exact) mass is 262 g/mol. The largest absolute Gasteiger partial charge is 0.328 e. The van der Waals surface area contributed by atoms with Crippen LogP contribution in [0.5, 0.6) is 0 Å². The maximum absolute atomic E-state index is 6.01. The quantitative estimate of drug-likeness (QED) is 0.905. The van der Waals surface area contributed by atoms with Crippen LogP contribution < -0.4 is 5.73 Å². The lowest BCUT2D eigenvalue weighted by atomic mass is 9.89. The number of nitrogens with zero attached hydrogens (tertiary/aromatic N) is 3. The molecule has 2 rings (SSSR count). The Hall–Kier alpha value is -1.00. The van der Waals surface area contributed by atoms with Gasteiger partial charge in [-0.05, 0) is 46.1 Å². The molecule has 1 heterocycles. The van der Waals surface area contributed by atoms with Crippen LogP contribution in [0.1, 0.15) is 57.0 Å². The molecule has 1 fully saturated rings. The number of rotatable bonds is 4. The Labute approximate surface area is 116 Å². The molecular formula is C15H26N4. The van der Waals surface area contributed by atoms with E-state index in [0.717, 1.165) is 30.8 Å². The third-order valence-corrected chi connectivity index (χ3v) is 4.39. The summed E-state index contributed by atoms with van der Waals surface area (Å²) in [6.45, 7) is 7.58. The molecule has 19 heavy (non-hydrogen) atoms. The van der Waals surface area contributed by atoms with Gasteiger partial charge in [-0.15, -0.1) is 0 Å². The summed E-state index contributed by atoms with van der Waals surface area (Å²) < 4.78 is 0. The van der Waals surface area contributed by atoms with E-state index in [9.17, 15) is 0 Å². The van der Waals surface area contributed by atoms with Gasteiger partial charge >= 0.3 is 0 Å². The van der Waals surface area contributed by atoms with Crippen LogP contribution in [0, 0.1) is 6.92 Å². The lowest BCUT2D eigenvalue weighted by Gasteiger charge is -2.39. The first-order valence-corrected chi connectivity index (χ1v) is 7.42. The molecule has 0 saturated heterocycles. The normalized spacial score (nSPS) is 25.5. The van der Waals surface area contributed by atoms with Crippen molar-refractivity contribution in [3.63, 3.8) is 0 Å². The van der Waals surface area contributed by atoms with Gasteiger partial charge in [-0.25, -0.2) is 0 Å². The van der Waals surface area contributed by atoms with Crippen molar-refractivity contribution < 1.29 is 0 Å². The Bertz CT molecular complexity index is 399. The minimum absolute atomic E-state index is 0.332. The standard InChI is InChI=1S/C15H26N4/c1-4-19(14-7-5-13(16)6-8-14)12(3)15-11(2)17-9-10-18-15/h9-10,12-14H,4-8,16H2,1-3H3. The van der Waals surface area contributed by atoms with Crippen molar-refractivity contribution in [2.75, 3.05) is 6.54 Å². The Kier molecular flexibility index (Phi) is 4.88. The van der Waals surface area contributed by atoms with Gasteiger partial charge in [0.05, 0.1) is 17.4 Å². The van der Waals surface area contributed by atoms with E-state index in [1.165, 1.54) is 12.8 Å². The van der Waals surface area contributed by atoms with Crippen molar-refractivity contribution in [1.82, 2.24) is 14.9 Å². The lowest BCUT2D eigenvalue weighted by molar-refractivity contribution is 0.112. The van der Waals surface area contributed by atoms with Gasteiger partial charge in [0.1, 0.15) is 0 Å². The van der Waals surface area contributed by atoms with E-state index in [2.05, 4.69) is 28.7 Å². The molecule has 0 amide bonds. The second-order valence-corrected chi connectivity index (χ2v) is 5.60. The molecule has 0 bridgehead atoms. The van der Waals surface area contributed by atoms with Crippen LogP contribution in [0.25, 0.3) is 0 Å². The number of hydrogen-bond donors (Lipinski definition) is 1. The van der Waals surface area contributed by atoms with Crippen LogP contribution in [0.4, 0.5) is 0 Å². The minimum Gasteiger partial charge on any atom is -0.328 e. The van der Waals surface area contributed by atoms with Crippen LogP contribution in [0.3, 0.4) is 0 Å². The maximum Gasteiger partial charge on any atom is 0.0784 e. The van der Waals surface area contributed by atoms with Crippen LogP contribution in [-0.2, 0) is 0 Å². The van der Waals surface area contributed by atoms with Crippen LogP contribution in [-0.4, -0.2) is 33.5 Å². The van der Waals surface area contributed by atoms with Gasteiger partial charge in [-0.2, -0.15) is 0 Å². The summed E-state index contributed by atoms with van der Waals surface area (Å²) in [6.07, 6.45) is 8.27. The van der Waals surface area contributed by atoms with Crippen molar-refractivity contribution in [2.45, 2.75) is 64.6 Å². The van der Waals surface area contributed by atoms with Gasteiger partial charge in [0.15, 0.2) is 0 Å². The first kappa shape index (κ1) is 14.4. The highest BCUT2D eigenvalue weighted by Gasteiger charge is 2.28. The number of aromatic nitrogens is 2. The minimum atomic E-state index is 0.332. The summed E-state index contributed by atoms with van der Waals surface area (Å²) >= 11 is 0. The molecular weight excluding hydrogens is 236 g/mol. The summed E-state index contributed by atoms with van der Waals surface area (Å²) in [5, 5.41) is 0. The number of hydrogen-bond acceptors (Lipinski definition) is 4. The molecule has 0 aromatic carbocycles. The van der Waals surface area contributed by atoms with Crippen molar-refractivity contribution in [3.8, 4) is 0 Å². The fraction of sp³-hybridized carbons (Fsp3) is 0.733. The second-order valence-electron chi connectivity index (χ2n) is 5.60. The molecule has 1 unspecified atom stereocenters. The Morgan fingerprint density at radius 1 is 1.26 bits per heavy atom. The van der Waals surface area contributed by atoms with Gasteiger partial charge in [-0.1, -0.05) is 6.92 Å². The molecule has 1 aliphatic rings. The smallest absolute Gasteiger partial charge is 0.0784 e. The Morgan fingerprint density at radius 3 is 2.47 bits per heavy atom. The number of aryl methyl sites for hydroxylation is 1. The highest BCUT2D eigenvalue weighted by molar-refractivity contribution is 5.13. The summed E-state index contributed by atoms with van der Waals surface area (Å²) in [6, 6.07) is 1.38. The van der Waals surface area contributed by atoms with Gasteiger partial charge in [0, 0.05) is 24.5 Å². The zero-order chi connectivity index (χ0) is 13.8. The molecule has 0 spiro atoms. The first-order valence-electron chi connectivity index (χ1n) is 7.42. The fourth-order valence-corrected chi connectivity index (χ4v) is 3.27. The third-order valence-electron chi connectivity index (χ3n) is 4.39. The molecule has 1 atom stereocenters. The van der Waals surface area contributed by atoms with Crippen LogP contribution in [0.2, 0.25) is 0 Å². The van der Waals surface area contributed by atoms with Crippen molar-refractivity contribution in [3.05, 3.63) is 23.8 Å². The molecule has 1 saturated carbocycles. The summed E-state index contributed by atoms with van der Waals surface area (Å²) in [5.41, 5.74) is 8.16. The molecule has 1 aliphatic carbocycles. The Morgan fingerprint density at radius 2 is 1.89 bits per heavy atom. The lowest BCUT2D eigenvalue weighted by Crippen LogP contribution is -2.42. The fourth-order valence-electron chi connectivity index (χ4n) is 3.27. The molecule has 106 valence electrons. The highest BCUT2D eigenvalue weighted by Crippen LogP contribution is 2.29. The molecule has 4 heteroatoms. The molecule has 2 N–H and O–H groups in total. The van der Waals surface area contributed by atoms with Gasteiger partial charge < -0.3 is 5.73 Å². The summed E-state index contributed by atoms with van der Waals surface area (Å²) in [5.74, 6) is 0. The topological polar surface area (TPSA) is 55.0 Å². The van der Waals surface area contributed by atoms with E-state index in [1.54, 1.807) is 12.4 Å². The predicted molar refractivity (Wildman–Crippen MR) is 77.8 cm³/mol. The number of nitrogens with two attached hydrogens (primary N) is 1. The van der Waals surface area contributed by atoms with Gasteiger partial charge in [0.2, 0.25) is 0 Å². The van der Waals surface area contributed by atoms with E-state index in [-0.39, 0.29) is 0 Å². The third kappa shape index (κ3) is 3.31. The summed E-state index contributed by atoms with van der Waals surface area (Å²) in [7, 11) is 0. The van der Waals surface area contributed by atoms with E-state index >= 15 is 0 Å². The van der Waals surface area contributed by atoms with Crippen molar-refractivity contribution in [2.24, 2.45) is 5.73 Å². The van der Waals surface area contributed by atoms with Gasteiger partial charge in [-0.3, -0.25) is 14.9 Å². The average molecular weight is 262 g/mol. The zero-order valence-electron chi connectivity index (χ0n) is 12.3. The molecule has 4 nitrogen and oxygen atoms in total. The zero-order valence-corrected chi connectivity index (χ0v) is 12.3. The van der Waals surface area contributed by atoms with E-state index < -0.39 is 0 Å². The highest BCUT2D eigenvalue weighted by atomic mass is 15.2.